The lowest BCUT2D eigenvalue weighted by molar-refractivity contribution is -0.136. The predicted octanol–water partition coefficient (Wildman–Crippen LogP) is 4.44. The van der Waals surface area contributed by atoms with E-state index in [1.54, 1.807) is 6.07 Å². The van der Waals surface area contributed by atoms with Crippen molar-refractivity contribution < 1.29 is 9.90 Å². The summed E-state index contributed by atoms with van der Waals surface area (Å²) in [4.78, 5) is 12.4. The maximum absolute atomic E-state index is 11.4. The van der Waals surface area contributed by atoms with Crippen LogP contribution in [0.1, 0.15) is 11.1 Å². The molecule has 0 aliphatic heterocycles. The summed E-state index contributed by atoms with van der Waals surface area (Å²) in [5, 5.41) is 9.48. The molecule has 0 bridgehead atoms. The van der Waals surface area contributed by atoms with E-state index >= 15 is 0 Å². The van der Waals surface area contributed by atoms with Crippen molar-refractivity contribution in [2.45, 2.75) is 23.5 Å². The Morgan fingerprint density at radius 2 is 1.95 bits per heavy atom. The average molecular weight is 307 g/mol. The Morgan fingerprint density at radius 1 is 1.25 bits per heavy atom. The van der Waals surface area contributed by atoms with Gasteiger partial charge in [-0.25, -0.2) is 0 Å². The normalized spacial score (nSPS) is 12.1. The van der Waals surface area contributed by atoms with Gasteiger partial charge < -0.3 is 5.11 Å². The Bertz CT molecular complexity index is 596. The van der Waals surface area contributed by atoms with Crippen molar-refractivity contribution in [1.82, 2.24) is 0 Å². The number of carboxylic acids is 1. The highest BCUT2D eigenvalue weighted by Crippen LogP contribution is 2.27. The van der Waals surface area contributed by atoms with E-state index in [1.807, 2.05) is 49.4 Å². The van der Waals surface area contributed by atoms with Gasteiger partial charge in [-0.15, -0.1) is 11.8 Å². The van der Waals surface area contributed by atoms with Gasteiger partial charge in [-0.2, -0.15) is 0 Å². The third-order valence-corrected chi connectivity index (χ3v) is 4.32. The molecular formula is C16H15ClO2S. The lowest BCUT2D eigenvalue weighted by atomic mass is 10.1. The fraction of sp³-hybridized carbons (Fsp3) is 0.188. The Hall–Kier alpha value is -1.45. The molecule has 0 heterocycles. The first-order chi connectivity index (χ1) is 9.54. The quantitative estimate of drug-likeness (QED) is 0.830. The molecule has 0 radical (unpaired) electrons. The van der Waals surface area contributed by atoms with Crippen molar-refractivity contribution in [3.63, 3.8) is 0 Å². The lowest BCUT2D eigenvalue weighted by Gasteiger charge is -2.12. The van der Waals surface area contributed by atoms with Crippen LogP contribution < -0.4 is 0 Å². The van der Waals surface area contributed by atoms with E-state index in [9.17, 15) is 9.90 Å². The topological polar surface area (TPSA) is 37.3 Å². The number of aryl methyl sites for hydroxylation is 1. The van der Waals surface area contributed by atoms with Crippen LogP contribution in [0.15, 0.2) is 53.4 Å². The first-order valence-electron chi connectivity index (χ1n) is 6.25. The molecule has 2 rings (SSSR count). The molecule has 104 valence electrons. The molecule has 0 spiro atoms. The van der Waals surface area contributed by atoms with Gasteiger partial charge >= 0.3 is 5.97 Å². The lowest BCUT2D eigenvalue weighted by Crippen LogP contribution is -2.19. The molecule has 4 heteroatoms. The highest BCUT2D eigenvalue weighted by atomic mass is 35.5. The van der Waals surface area contributed by atoms with E-state index in [4.69, 9.17) is 11.6 Å². The zero-order chi connectivity index (χ0) is 14.5. The van der Waals surface area contributed by atoms with Crippen molar-refractivity contribution in [2.75, 3.05) is 0 Å². The molecule has 2 aromatic carbocycles. The van der Waals surface area contributed by atoms with Crippen LogP contribution in [0.3, 0.4) is 0 Å². The van der Waals surface area contributed by atoms with E-state index < -0.39 is 11.2 Å². The molecule has 2 nitrogen and oxygen atoms in total. The number of rotatable bonds is 5. The minimum Gasteiger partial charge on any atom is -0.480 e. The molecule has 2 aromatic rings. The van der Waals surface area contributed by atoms with E-state index in [0.717, 1.165) is 16.0 Å². The van der Waals surface area contributed by atoms with E-state index in [1.165, 1.54) is 11.8 Å². The largest absolute Gasteiger partial charge is 0.480 e. The first kappa shape index (κ1) is 14.9. The molecule has 1 atom stereocenters. The molecule has 20 heavy (non-hydrogen) atoms. The summed E-state index contributed by atoms with van der Waals surface area (Å²) in [6, 6.07) is 15.2. The maximum atomic E-state index is 11.4. The molecule has 0 aromatic heterocycles. The summed E-state index contributed by atoms with van der Waals surface area (Å²) >= 11 is 7.29. The zero-order valence-corrected chi connectivity index (χ0v) is 12.6. The van der Waals surface area contributed by atoms with Gasteiger partial charge in [-0.05, 0) is 43.2 Å². The molecule has 0 saturated carbocycles. The van der Waals surface area contributed by atoms with Crippen LogP contribution in [0.25, 0.3) is 0 Å². The SMILES string of the molecule is Cc1ccc(S[C@@H](Cc2cccc(Cl)c2)C(=O)O)cc1. The van der Waals surface area contributed by atoms with Gasteiger partial charge in [0, 0.05) is 9.92 Å². The fourth-order valence-corrected chi connectivity index (χ4v) is 3.05. The highest BCUT2D eigenvalue weighted by Gasteiger charge is 2.19. The second-order valence-electron chi connectivity index (χ2n) is 4.59. The van der Waals surface area contributed by atoms with Crippen molar-refractivity contribution >= 4 is 29.3 Å². The number of thioether (sulfide) groups is 1. The minimum absolute atomic E-state index is 0.453. The van der Waals surface area contributed by atoms with Crippen molar-refractivity contribution in [3.8, 4) is 0 Å². The molecule has 0 unspecified atom stereocenters. The van der Waals surface area contributed by atoms with Gasteiger partial charge in [0.05, 0.1) is 0 Å². The third kappa shape index (κ3) is 4.29. The van der Waals surface area contributed by atoms with E-state index in [0.29, 0.717) is 11.4 Å². The maximum Gasteiger partial charge on any atom is 0.317 e. The van der Waals surface area contributed by atoms with Gasteiger partial charge in [0.25, 0.3) is 0 Å². The van der Waals surface area contributed by atoms with Crippen LogP contribution in [-0.4, -0.2) is 16.3 Å². The molecule has 0 amide bonds. The number of carbonyl (C=O) groups is 1. The Kier molecular flexibility index (Phi) is 5.10. The van der Waals surface area contributed by atoms with Crippen LogP contribution in [0.4, 0.5) is 0 Å². The van der Waals surface area contributed by atoms with Crippen molar-refractivity contribution in [2.24, 2.45) is 0 Å². The average Bonchev–Trinajstić information content (AvgIpc) is 2.40. The van der Waals surface area contributed by atoms with Gasteiger partial charge in [0.1, 0.15) is 5.25 Å². The van der Waals surface area contributed by atoms with Gasteiger partial charge in [0.15, 0.2) is 0 Å². The van der Waals surface area contributed by atoms with Crippen LogP contribution in [0.2, 0.25) is 5.02 Å². The van der Waals surface area contributed by atoms with E-state index in [2.05, 4.69) is 0 Å². The number of hydrogen-bond donors (Lipinski definition) is 1. The van der Waals surface area contributed by atoms with Crippen LogP contribution >= 0.6 is 23.4 Å². The molecule has 1 N–H and O–H groups in total. The number of carboxylic acid groups (broad SMARTS) is 1. The van der Waals surface area contributed by atoms with E-state index in [-0.39, 0.29) is 0 Å². The minimum atomic E-state index is -0.810. The number of benzene rings is 2. The number of aliphatic carboxylic acids is 1. The summed E-state index contributed by atoms with van der Waals surface area (Å²) < 4.78 is 0. The van der Waals surface area contributed by atoms with Crippen LogP contribution in [0, 0.1) is 6.92 Å². The third-order valence-electron chi connectivity index (χ3n) is 2.88. The van der Waals surface area contributed by atoms with Gasteiger partial charge in [0.2, 0.25) is 0 Å². The smallest absolute Gasteiger partial charge is 0.317 e. The Balaban J connectivity index is 2.11. The summed E-state index contributed by atoms with van der Waals surface area (Å²) in [6.07, 6.45) is 0.453. The monoisotopic (exact) mass is 306 g/mol. The predicted molar refractivity (Wildman–Crippen MR) is 83.6 cm³/mol. The summed E-state index contributed by atoms with van der Waals surface area (Å²) in [5.74, 6) is -0.810. The summed E-state index contributed by atoms with van der Waals surface area (Å²) in [6.45, 7) is 2.01. The number of halogens is 1. The zero-order valence-electron chi connectivity index (χ0n) is 11.0. The van der Waals surface area contributed by atoms with Crippen LogP contribution in [-0.2, 0) is 11.2 Å². The molecule has 0 aliphatic rings. The Labute approximate surface area is 127 Å². The highest BCUT2D eigenvalue weighted by molar-refractivity contribution is 8.00. The second-order valence-corrected chi connectivity index (χ2v) is 6.30. The molecule has 0 saturated heterocycles. The fourth-order valence-electron chi connectivity index (χ4n) is 1.84. The molecule has 0 fully saturated rings. The molecular weight excluding hydrogens is 292 g/mol. The summed E-state index contributed by atoms with van der Waals surface area (Å²) in [5.41, 5.74) is 2.10. The Morgan fingerprint density at radius 3 is 2.55 bits per heavy atom. The molecule has 0 aliphatic carbocycles. The van der Waals surface area contributed by atoms with Crippen LogP contribution in [0.5, 0.6) is 0 Å². The second kappa shape index (κ2) is 6.82. The van der Waals surface area contributed by atoms with Gasteiger partial charge in [-0.3, -0.25) is 4.79 Å². The summed E-state index contributed by atoms with van der Waals surface area (Å²) in [7, 11) is 0. The first-order valence-corrected chi connectivity index (χ1v) is 7.51. The van der Waals surface area contributed by atoms with Crippen molar-refractivity contribution in [3.05, 3.63) is 64.7 Å². The number of hydrogen-bond acceptors (Lipinski definition) is 2. The van der Waals surface area contributed by atoms with Crippen molar-refractivity contribution in [1.29, 1.82) is 0 Å². The van der Waals surface area contributed by atoms with Gasteiger partial charge in [-0.1, -0.05) is 41.4 Å². The standard InChI is InChI=1S/C16H15ClO2S/c1-11-5-7-14(8-6-11)20-15(16(18)19)10-12-3-2-4-13(17)9-12/h2-9,15H,10H2,1H3,(H,18,19)/t15-/m0/s1.